The van der Waals surface area contributed by atoms with Crippen molar-refractivity contribution in [3.63, 3.8) is 0 Å². The number of amides is 1. The van der Waals surface area contributed by atoms with Crippen LogP contribution in [-0.4, -0.2) is 54.0 Å². The van der Waals surface area contributed by atoms with Crippen LogP contribution in [0.25, 0.3) is 5.65 Å². The lowest BCUT2D eigenvalue weighted by atomic mass is 9.96. The number of aromatic nitrogens is 3. The highest BCUT2D eigenvalue weighted by molar-refractivity contribution is 7.92. The number of piperidine rings is 1. The molecule has 1 saturated heterocycles. The van der Waals surface area contributed by atoms with Gasteiger partial charge in [0.15, 0.2) is 5.65 Å². The highest BCUT2D eigenvalue weighted by Crippen LogP contribution is 2.28. The molecular formula is C26H27N5O3S. The van der Waals surface area contributed by atoms with E-state index in [0.717, 1.165) is 29.9 Å². The molecule has 1 aliphatic heterocycles. The minimum atomic E-state index is -3.69. The van der Waals surface area contributed by atoms with E-state index in [0.29, 0.717) is 24.3 Å². The van der Waals surface area contributed by atoms with E-state index in [-0.39, 0.29) is 16.7 Å². The molecule has 5 rings (SSSR count). The fraction of sp³-hybridized carbons (Fsp3) is 0.269. The number of fused-ring (bicyclic) bond motifs is 1. The first-order valence-corrected chi connectivity index (χ1v) is 13.0. The van der Waals surface area contributed by atoms with Gasteiger partial charge < -0.3 is 4.90 Å². The van der Waals surface area contributed by atoms with Gasteiger partial charge in [-0.2, -0.15) is 0 Å². The maximum absolute atomic E-state index is 13.3. The molecule has 0 spiro atoms. The van der Waals surface area contributed by atoms with Crippen LogP contribution in [0.4, 0.5) is 5.69 Å². The third kappa shape index (κ3) is 4.39. The number of rotatable bonds is 5. The molecule has 0 saturated carbocycles. The van der Waals surface area contributed by atoms with Crippen LogP contribution >= 0.6 is 0 Å². The predicted molar refractivity (Wildman–Crippen MR) is 134 cm³/mol. The van der Waals surface area contributed by atoms with Gasteiger partial charge in [-0.3, -0.25) is 13.5 Å². The van der Waals surface area contributed by atoms with Crippen LogP contribution in [0.5, 0.6) is 0 Å². The Hall–Kier alpha value is -3.72. The van der Waals surface area contributed by atoms with Crippen LogP contribution in [0.15, 0.2) is 77.8 Å². The van der Waals surface area contributed by atoms with Gasteiger partial charge >= 0.3 is 0 Å². The first-order valence-electron chi connectivity index (χ1n) is 11.6. The van der Waals surface area contributed by atoms with Crippen molar-refractivity contribution in [1.82, 2.24) is 19.5 Å². The lowest BCUT2D eigenvalue weighted by molar-refractivity contribution is 0.0704. The van der Waals surface area contributed by atoms with E-state index >= 15 is 0 Å². The predicted octanol–water partition coefficient (Wildman–Crippen LogP) is 3.88. The zero-order valence-corrected chi connectivity index (χ0v) is 20.5. The monoisotopic (exact) mass is 489 g/mol. The molecule has 1 fully saturated rings. The van der Waals surface area contributed by atoms with Crippen LogP contribution in [0, 0.1) is 6.92 Å². The number of likely N-dealkylation sites (tertiary alicyclic amines) is 1. The summed E-state index contributed by atoms with van der Waals surface area (Å²) in [6, 6.07) is 19.3. The molecule has 9 heteroatoms. The summed E-state index contributed by atoms with van der Waals surface area (Å²) < 4.78 is 29.2. The first-order chi connectivity index (χ1) is 16.8. The molecule has 3 heterocycles. The molecular weight excluding hydrogens is 462 g/mol. The maximum Gasteiger partial charge on any atom is 0.264 e. The summed E-state index contributed by atoms with van der Waals surface area (Å²) in [7, 11) is -2.17. The van der Waals surface area contributed by atoms with Crippen molar-refractivity contribution in [2.24, 2.45) is 0 Å². The largest absolute Gasteiger partial charge is 0.338 e. The number of aryl methyl sites for hydroxylation is 1. The minimum absolute atomic E-state index is 0.0703. The Labute approximate surface area is 204 Å². The zero-order valence-electron chi connectivity index (χ0n) is 19.7. The Morgan fingerprint density at radius 2 is 1.74 bits per heavy atom. The molecule has 1 amide bonds. The van der Waals surface area contributed by atoms with E-state index in [2.05, 4.69) is 10.2 Å². The highest BCUT2D eigenvalue weighted by atomic mass is 32.2. The van der Waals surface area contributed by atoms with Crippen LogP contribution < -0.4 is 4.31 Å². The average Bonchev–Trinajstić information content (AvgIpc) is 3.32. The SMILES string of the molecule is Cc1ccc(S(=O)(=O)N(C)c2ccc(C(=O)N3CCC[C@H](c4nnc5ccccn45)C3)cc2)cc1. The van der Waals surface area contributed by atoms with E-state index in [1.165, 1.54) is 11.4 Å². The molecule has 8 nitrogen and oxygen atoms in total. The molecule has 4 aromatic rings. The molecule has 1 aliphatic rings. The second kappa shape index (κ2) is 9.14. The van der Waals surface area contributed by atoms with Crippen molar-refractivity contribution in [1.29, 1.82) is 0 Å². The van der Waals surface area contributed by atoms with Crippen LogP contribution in [-0.2, 0) is 10.0 Å². The summed E-state index contributed by atoms with van der Waals surface area (Å²) in [6.07, 6.45) is 3.78. The minimum Gasteiger partial charge on any atom is -0.338 e. The van der Waals surface area contributed by atoms with E-state index in [1.54, 1.807) is 48.5 Å². The lowest BCUT2D eigenvalue weighted by Gasteiger charge is -2.32. The van der Waals surface area contributed by atoms with E-state index < -0.39 is 10.0 Å². The van der Waals surface area contributed by atoms with E-state index in [9.17, 15) is 13.2 Å². The molecule has 1 atom stereocenters. The fourth-order valence-electron chi connectivity index (χ4n) is 4.51. The van der Waals surface area contributed by atoms with Gasteiger partial charge in [-0.05, 0) is 68.3 Å². The third-order valence-corrected chi connectivity index (χ3v) is 8.37. The molecule has 0 radical (unpaired) electrons. The van der Waals surface area contributed by atoms with Gasteiger partial charge in [-0.1, -0.05) is 23.8 Å². The van der Waals surface area contributed by atoms with Crippen molar-refractivity contribution in [3.05, 3.63) is 89.9 Å². The number of benzene rings is 2. The summed E-state index contributed by atoms with van der Waals surface area (Å²) in [5, 5.41) is 8.63. The standard InChI is InChI=1S/C26H27N5O3S/c1-19-8-14-23(15-9-19)35(33,34)29(2)22-12-10-20(11-13-22)26(32)30-16-5-6-21(18-30)25-28-27-24-7-3-4-17-31(24)25/h3-4,7-15,17,21H,5-6,16,18H2,1-2H3/t21-/m0/s1. The second-order valence-electron chi connectivity index (χ2n) is 8.91. The summed E-state index contributed by atoms with van der Waals surface area (Å²) >= 11 is 0. The lowest BCUT2D eigenvalue weighted by Crippen LogP contribution is -2.39. The van der Waals surface area contributed by atoms with Crippen molar-refractivity contribution in [2.45, 2.75) is 30.6 Å². The summed E-state index contributed by atoms with van der Waals surface area (Å²) in [4.78, 5) is 15.3. The van der Waals surface area contributed by atoms with Crippen molar-refractivity contribution < 1.29 is 13.2 Å². The highest BCUT2D eigenvalue weighted by Gasteiger charge is 2.29. The molecule has 0 unspecified atom stereocenters. The van der Waals surface area contributed by atoms with Crippen LogP contribution in [0.3, 0.4) is 0 Å². The van der Waals surface area contributed by atoms with Gasteiger partial charge in [0.2, 0.25) is 0 Å². The van der Waals surface area contributed by atoms with E-state index in [4.69, 9.17) is 0 Å². The van der Waals surface area contributed by atoms with Crippen LogP contribution in [0.2, 0.25) is 0 Å². The Bertz CT molecular complexity index is 1460. The Balaban J connectivity index is 1.31. The van der Waals surface area contributed by atoms with Crippen molar-refractivity contribution in [3.8, 4) is 0 Å². The first kappa shape index (κ1) is 23.0. The Morgan fingerprint density at radius 3 is 2.49 bits per heavy atom. The quantitative estimate of drug-likeness (QED) is 0.425. The van der Waals surface area contributed by atoms with Crippen molar-refractivity contribution >= 4 is 27.3 Å². The normalized spacial score (nSPS) is 16.4. The third-order valence-electron chi connectivity index (χ3n) is 6.57. The van der Waals surface area contributed by atoms with Crippen molar-refractivity contribution in [2.75, 3.05) is 24.4 Å². The number of carbonyl (C=O) groups excluding carboxylic acids is 1. The molecule has 0 N–H and O–H groups in total. The Morgan fingerprint density at radius 1 is 1.00 bits per heavy atom. The number of pyridine rings is 1. The average molecular weight is 490 g/mol. The number of sulfonamides is 1. The fourth-order valence-corrected chi connectivity index (χ4v) is 5.71. The zero-order chi connectivity index (χ0) is 24.6. The molecule has 0 bridgehead atoms. The van der Waals surface area contributed by atoms with Gasteiger partial charge in [-0.15, -0.1) is 10.2 Å². The van der Waals surface area contributed by atoms with Gasteiger partial charge in [0, 0.05) is 37.8 Å². The number of hydrogen-bond donors (Lipinski definition) is 0. The number of hydrogen-bond acceptors (Lipinski definition) is 5. The molecule has 0 aliphatic carbocycles. The van der Waals surface area contributed by atoms with Gasteiger partial charge in [0.25, 0.3) is 15.9 Å². The number of nitrogens with zero attached hydrogens (tertiary/aromatic N) is 5. The summed E-state index contributed by atoms with van der Waals surface area (Å²) in [5.74, 6) is 0.908. The molecule has 2 aromatic heterocycles. The maximum atomic E-state index is 13.3. The molecule has 2 aromatic carbocycles. The smallest absolute Gasteiger partial charge is 0.264 e. The van der Waals surface area contributed by atoms with Gasteiger partial charge in [-0.25, -0.2) is 8.42 Å². The second-order valence-corrected chi connectivity index (χ2v) is 10.9. The van der Waals surface area contributed by atoms with Gasteiger partial charge in [0.1, 0.15) is 5.82 Å². The topological polar surface area (TPSA) is 87.9 Å². The molecule has 35 heavy (non-hydrogen) atoms. The van der Waals surface area contributed by atoms with Gasteiger partial charge in [0.05, 0.1) is 10.6 Å². The summed E-state index contributed by atoms with van der Waals surface area (Å²) in [6.45, 7) is 3.15. The number of carbonyl (C=O) groups is 1. The number of anilines is 1. The Kier molecular flexibility index (Phi) is 6.02. The van der Waals surface area contributed by atoms with Crippen LogP contribution in [0.1, 0.15) is 40.5 Å². The van der Waals surface area contributed by atoms with E-state index in [1.807, 2.05) is 40.6 Å². The molecule has 180 valence electrons. The summed E-state index contributed by atoms with van der Waals surface area (Å²) in [5.41, 5.74) is 2.81.